The molecule has 1 aromatic rings. The summed E-state index contributed by atoms with van der Waals surface area (Å²) < 4.78 is 0. The molecule has 0 amide bonds. The highest BCUT2D eigenvalue weighted by Gasteiger charge is 2.37. The third-order valence-electron chi connectivity index (χ3n) is 5.02. The van der Waals surface area contributed by atoms with Gasteiger partial charge in [-0.1, -0.05) is 49.6 Å². The fraction of sp³-hybridized carbons (Fsp3) is 0.632. The van der Waals surface area contributed by atoms with Crippen molar-refractivity contribution >= 4 is 5.97 Å². The molecule has 2 rings (SSSR count). The second kappa shape index (κ2) is 9.04. The topological polar surface area (TPSA) is 60.8 Å². The van der Waals surface area contributed by atoms with Gasteiger partial charge in [0.15, 0.2) is 0 Å². The first-order chi connectivity index (χ1) is 11.1. The minimum atomic E-state index is -0.701. The highest BCUT2D eigenvalue weighted by atomic mass is 16.4. The van der Waals surface area contributed by atoms with E-state index in [0.717, 1.165) is 44.9 Å². The van der Waals surface area contributed by atoms with Gasteiger partial charge in [0.2, 0.25) is 0 Å². The van der Waals surface area contributed by atoms with Gasteiger partial charge in [0.05, 0.1) is 6.10 Å². The maximum absolute atomic E-state index is 10.5. The number of carboxylic acids is 1. The number of hydrogen-bond acceptors (Lipinski definition) is 3. The fourth-order valence-corrected chi connectivity index (χ4v) is 3.61. The zero-order valence-corrected chi connectivity index (χ0v) is 14.0. The normalized spacial score (nSPS) is 24.9. The van der Waals surface area contributed by atoms with Crippen LogP contribution in [0.3, 0.4) is 0 Å². The Morgan fingerprint density at radius 3 is 2.57 bits per heavy atom. The number of carboxylic acid groups (broad SMARTS) is 1. The van der Waals surface area contributed by atoms with Gasteiger partial charge in [-0.2, -0.15) is 0 Å². The number of aliphatic hydroxyl groups excluding tert-OH is 1. The molecule has 4 nitrogen and oxygen atoms in total. The molecule has 128 valence electrons. The molecule has 0 radical (unpaired) electrons. The lowest BCUT2D eigenvalue weighted by molar-refractivity contribution is -0.137. The van der Waals surface area contributed by atoms with E-state index >= 15 is 0 Å². The molecule has 0 aliphatic carbocycles. The van der Waals surface area contributed by atoms with E-state index in [1.807, 2.05) is 18.2 Å². The van der Waals surface area contributed by atoms with Crippen LogP contribution in [0.5, 0.6) is 0 Å². The van der Waals surface area contributed by atoms with Crippen molar-refractivity contribution in [3.05, 3.63) is 35.9 Å². The average molecular weight is 319 g/mol. The largest absolute Gasteiger partial charge is 0.481 e. The number of likely N-dealkylation sites (tertiary alicyclic amines) is 1. The van der Waals surface area contributed by atoms with Gasteiger partial charge in [-0.3, -0.25) is 9.69 Å². The predicted molar refractivity (Wildman–Crippen MR) is 91.4 cm³/mol. The number of rotatable bonds is 9. The standard InChI is InChI=1S/C19H29NO3/c1-20-16(11-7-2-3-8-12-19(22)23)14-18(21)17(20)13-15-9-5-4-6-10-15/h4-6,9-10,16-18,21H,2-3,7-8,11-14H2,1H3,(H,22,23). The van der Waals surface area contributed by atoms with Gasteiger partial charge < -0.3 is 10.2 Å². The second-order valence-corrected chi connectivity index (χ2v) is 6.73. The molecule has 23 heavy (non-hydrogen) atoms. The number of carbonyl (C=O) groups is 1. The van der Waals surface area contributed by atoms with Crippen molar-refractivity contribution in [2.24, 2.45) is 0 Å². The first kappa shape index (κ1) is 18.0. The van der Waals surface area contributed by atoms with Crippen LogP contribution >= 0.6 is 0 Å². The molecule has 0 spiro atoms. The van der Waals surface area contributed by atoms with Crippen LogP contribution in [0.25, 0.3) is 0 Å². The smallest absolute Gasteiger partial charge is 0.303 e. The number of aliphatic carboxylic acids is 1. The number of aliphatic hydroxyl groups is 1. The number of likely N-dealkylation sites (N-methyl/N-ethyl adjacent to an activating group) is 1. The molecule has 4 heteroatoms. The third-order valence-corrected chi connectivity index (χ3v) is 5.02. The average Bonchev–Trinajstić information content (AvgIpc) is 2.79. The van der Waals surface area contributed by atoms with Gasteiger partial charge in [-0.25, -0.2) is 0 Å². The highest BCUT2D eigenvalue weighted by molar-refractivity contribution is 5.66. The molecule has 1 heterocycles. The van der Waals surface area contributed by atoms with Crippen molar-refractivity contribution in [2.75, 3.05) is 7.05 Å². The van der Waals surface area contributed by atoms with Crippen LogP contribution in [0.1, 0.15) is 50.5 Å². The van der Waals surface area contributed by atoms with Gasteiger partial charge in [0.25, 0.3) is 0 Å². The molecule has 0 saturated carbocycles. The van der Waals surface area contributed by atoms with E-state index in [1.54, 1.807) is 0 Å². The second-order valence-electron chi connectivity index (χ2n) is 6.73. The van der Waals surface area contributed by atoms with E-state index in [0.29, 0.717) is 6.04 Å². The molecule has 1 aliphatic heterocycles. The van der Waals surface area contributed by atoms with Crippen molar-refractivity contribution in [3.8, 4) is 0 Å². The fourth-order valence-electron chi connectivity index (χ4n) is 3.61. The first-order valence-electron chi connectivity index (χ1n) is 8.73. The summed E-state index contributed by atoms with van der Waals surface area (Å²) in [6, 6.07) is 11.0. The number of nitrogens with zero attached hydrogens (tertiary/aromatic N) is 1. The van der Waals surface area contributed by atoms with Crippen molar-refractivity contribution in [1.29, 1.82) is 0 Å². The Bertz CT molecular complexity index is 477. The highest BCUT2D eigenvalue weighted by Crippen LogP contribution is 2.29. The summed E-state index contributed by atoms with van der Waals surface area (Å²) in [7, 11) is 2.12. The van der Waals surface area contributed by atoms with Crippen molar-refractivity contribution in [3.63, 3.8) is 0 Å². The maximum Gasteiger partial charge on any atom is 0.303 e. The van der Waals surface area contributed by atoms with Crippen LogP contribution in [-0.2, 0) is 11.2 Å². The van der Waals surface area contributed by atoms with Crippen LogP contribution in [0.4, 0.5) is 0 Å². The number of unbranched alkanes of at least 4 members (excludes halogenated alkanes) is 3. The maximum atomic E-state index is 10.5. The Kier molecular flexibility index (Phi) is 7.06. The molecular formula is C19H29NO3. The van der Waals surface area contributed by atoms with E-state index in [9.17, 15) is 9.90 Å². The Balaban J connectivity index is 1.71. The summed E-state index contributed by atoms with van der Waals surface area (Å²) in [5, 5.41) is 19.0. The summed E-state index contributed by atoms with van der Waals surface area (Å²) in [6.45, 7) is 0. The zero-order chi connectivity index (χ0) is 16.7. The summed E-state index contributed by atoms with van der Waals surface area (Å²) in [5.41, 5.74) is 1.28. The van der Waals surface area contributed by atoms with Crippen LogP contribution in [0.2, 0.25) is 0 Å². The van der Waals surface area contributed by atoms with Gasteiger partial charge in [-0.15, -0.1) is 0 Å². The van der Waals surface area contributed by atoms with Crippen LogP contribution in [-0.4, -0.2) is 46.3 Å². The zero-order valence-electron chi connectivity index (χ0n) is 14.0. The lowest BCUT2D eigenvalue weighted by atomic mass is 10.0. The van der Waals surface area contributed by atoms with Crippen LogP contribution in [0.15, 0.2) is 30.3 Å². The quantitative estimate of drug-likeness (QED) is 0.687. The lowest BCUT2D eigenvalue weighted by Crippen LogP contribution is -2.37. The van der Waals surface area contributed by atoms with Crippen molar-refractivity contribution in [1.82, 2.24) is 4.90 Å². The minimum Gasteiger partial charge on any atom is -0.481 e. The summed E-state index contributed by atoms with van der Waals surface area (Å²) >= 11 is 0. The Hall–Kier alpha value is -1.39. The molecule has 0 aromatic heterocycles. The van der Waals surface area contributed by atoms with Crippen LogP contribution < -0.4 is 0 Å². The molecule has 3 unspecified atom stereocenters. The molecule has 1 fully saturated rings. The number of benzene rings is 1. The van der Waals surface area contributed by atoms with Gasteiger partial charge >= 0.3 is 5.97 Å². The van der Waals surface area contributed by atoms with Crippen LogP contribution in [0, 0.1) is 0 Å². The van der Waals surface area contributed by atoms with E-state index < -0.39 is 5.97 Å². The third kappa shape index (κ3) is 5.63. The van der Waals surface area contributed by atoms with Gasteiger partial charge in [0, 0.05) is 18.5 Å². The Labute approximate surface area is 139 Å². The molecule has 3 atom stereocenters. The monoisotopic (exact) mass is 319 g/mol. The lowest BCUT2D eigenvalue weighted by Gasteiger charge is -2.26. The first-order valence-corrected chi connectivity index (χ1v) is 8.73. The van der Waals surface area contributed by atoms with E-state index in [-0.39, 0.29) is 18.6 Å². The summed E-state index contributed by atoms with van der Waals surface area (Å²) in [5.74, 6) is -0.701. The molecule has 1 saturated heterocycles. The molecule has 1 aliphatic rings. The molecule has 0 bridgehead atoms. The van der Waals surface area contributed by atoms with Crippen molar-refractivity contribution in [2.45, 2.75) is 69.6 Å². The summed E-state index contributed by atoms with van der Waals surface area (Å²) in [6.07, 6.45) is 6.81. The van der Waals surface area contributed by atoms with E-state index in [4.69, 9.17) is 5.11 Å². The SMILES string of the molecule is CN1C(CCCCCCC(=O)O)CC(O)C1Cc1ccccc1. The van der Waals surface area contributed by atoms with Gasteiger partial charge in [0.1, 0.15) is 0 Å². The Morgan fingerprint density at radius 1 is 1.17 bits per heavy atom. The van der Waals surface area contributed by atoms with Crippen molar-refractivity contribution < 1.29 is 15.0 Å². The number of hydrogen-bond donors (Lipinski definition) is 2. The molecule has 1 aromatic carbocycles. The minimum absolute atomic E-state index is 0.203. The van der Waals surface area contributed by atoms with E-state index in [2.05, 4.69) is 24.1 Å². The molecule has 2 N–H and O–H groups in total. The van der Waals surface area contributed by atoms with Gasteiger partial charge in [-0.05, 0) is 38.3 Å². The van der Waals surface area contributed by atoms with E-state index in [1.165, 1.54) is 5.56 Å². The summed E-state index contributed by atoms with van der Waals surface area (Å²) in [4.78, 5) is 12.8. The molecular weight excluding hydrogens is 290 g/mol. The predicted octanol–water partition coefficient (Wildman–Crippen LogP) is 3.09. The Morgan fingerprint density at radius 2 is 1.87 bits per heavy atom.